The maximum Gasteiger partial charge on any atom is 0.324 e. The number of nitrogens with two attached hydrogens (primary N) is 1. The van der Waals surface area contributed by atoms with Gasteiger partial charge in [-0.25, -0.2) is 15.0 Å². The quantitative estimate of drug-likeness (QED) is 0.329. The predicted molar refractivity (Wildman–Crippen MR) is 77.8 cm³/mol. The van der Waals surface area contributed by atoms with Crippen molar-refractivity contribution in [2.75, 3.05) is 12.0 Å². The molecule has 0 unspecified atom stereocenters. The lowest BCUT2D eigenvalue weighted by Gasteiger charge is -1.96. The summed E-state index contributed by atoms with van der Waals surface area (Å²) >= 11 is 2.41. The monoisotopic (exact) mass is 308 g/mol. The molecule has 0 saturated carbocycles. The van der Waals surface area contributed by atoms with E-state index in [1.165, 1.54) is 17.8 Å². The molecule has 0 fully saturated rings. The third-order valence-corrected chi connectivity index (χ3v) is 4.14. The van der Waals surface area contributed by atoms with Gasteiger partial charge in [-0.3, -0.25) is 10.1 Å². The number of anilines is 1. The van der Waals surface area contributed by atoms with Crippen molar-refractivity contribution in [3.05, 3.63) is 22.2 Å². The molecule has 0 radical (unpaired) electrons. The molecule has 0 aromatic carbocycles. The Hall–Kier alpha value is -2.20. The largest absolute Gasteiger partial charge is 0.382 e. The van der Waals surface area contributed by atoms with Crippen molar-refractivity contribution in [1.82, 2.24) is 19.9 Å². The van der Waals surface area contributed by atoms with Crippen molar-refractivity contribution in [3.8, 4) is 10.7 Å². The molecule has 0 saturated heterocycles. The van der Waals surface area contributed by atoms with Crippen LogP contribution in [0.2, 0.25) is 0 Å². The summed E-state index contributed by atoms with van der Waals surface area (Å²) in [5, 5.41) is 11.3. The van der Waals surface area contributed by atoms with E-state index in [0.717, 1.165) is 11.3 Å². The number of aromatic amines is 1. The van der Waals surface area contributed by atoms with E-state index in [1.54, 1.807) is 6.07 Å². The molecule has 102 valence electrons. The van der Waals surface area contributed by atoms with Crippen molar-refractivity contribution >= 4 is 45.1 Å². The van der Waals surface area contributed by atoms with Crippen molar-refractivity contribution in [2.45, 2.75) is 5.16 Å². The van der Waals surface area contributed by atoms with E-state index in [9.17, 15) is 10.1 Å². The predicted octanol–water partition coefficient (Wildman–Crippen LogP) is 2.29. The number of nitrogen functional groups attached to an aromatic ring is 1. The smallest absolute Gasteiger partial charge is 0.324 e. The molecule has 20 heavy (non-hydrogen) atoms. The zero-order valence-corrected chi connectivity index (χ0v) is 11.8. The maximum absolute atomic E-state index is 10.7. The summed E-state index contributed by atoms with van der Waals surface area (Å²) in [7, 11) is 0. The second-order valence-corrected chi connectivity index (χ2v) is 5.61. The number of aromatic nitrogens is 4. The third kappa shape index (κ3) is 2.08. The number of imidazole rings is 1. The van der Waals surface area contributed by atoms with Crippen LogP contribution >= 0.6 is 23.1 Å². The Kier molecular flexibility index (Phi) is 3.03. The van der Waals surface area contributed by atoms with Gasteiger partial charge in [-0.15, -0.1) is 0 Å². The van der Waals surface area contributed by atoms with Gasteiger partial charge in [0.15, 0.2) is 22.4 Å². The van der Waals surface area contributed by atoms with Gasteiger partial charge in [-0.05, 0) is 12.3 Å². The van der Waals surface area contributed by atoms with Gasteiger partial charge in [0.05, 0.1) is 9.80 Å². The van der Waals surface area contributed by atoms with Gasteiger partial charge in [0.1, 0.15) is 5.52 Å². The SMILES string of the molecule is CSc1nc(N)c2[nH]c(-c3ccc([N+](=O)[O-])s3)nc2n1. The molecule has 10 heteroatoms. The number of rotatable bonds is 3. The van der Waals surface area contributed by atoms with Crippen LogP contribution in [-0.4, -0.2) is 31.1 Å². The number of hydrogen-bond acceptors (Lipinski definition) is 8. The Morgan fingerprint density at radius 1 is 1.40 bits per heavy atom. The Bertz CT molecular complexity index is 811. The first-order valence-corrected chi connectivity index (χ1v) is 7.44. The molecular formula is C10H8N6O2S2. The van der Waals surface area contributed by atoms with Gasteiger partial charge in [-0.1, -0.05) is 23.1 Å². The van der Waals surface area contributed by atoms with Crippen LogP contribution in [0, 0.1) is 10.1 Å². The highest BCUT2D eigenvalue weighted by Gasteiger charge is 2.16. The van der Waals surface area contributed by atoms with Gasteiger partial charge >= 0.3 is 5.00 Å². The molecule has 0 aliphatic carbocycles. The molecule has 0 aliphatic heterocycles. The lowest BCUT2D eigenvalue weighted by molar-refractivity contribution is -0.380. The highest BCUT2D eigenvalue weighted by molar-refractivity contribution is 7.98. The number of nitro groups is 1. The number of thioether (sulfide) groups is 1. The molecule has 3 heterocycles. The highest BCUT2D eigenvalue weighted by Crippen LogP contribution is 2.32. The van der Waals surface area contributed by atoms with E-state index >= 15 is 0 Å². The summed E-state index contributed by atoms with van der Waals surface area (Å²) in [5.41, 5.74) is 6.82. The summed E-state index contributed by atoms with van der Waals surface area (Å²) in [4.78, 5) is 26.6. The van der Waals surface area contributed by atoms with E-state index in [0.29, 0.717) is 32.8 Å². The van der Waals surface area contributed by atoms with Crippen LogP contribution in [0.15, 0.2) is 17.3 Å². The molecular weight excluding hydrogens is 300 g/mol. The van der Waals surface area contributed by atoms with Crippen LogP contribution in [0.25, 0.3) is 21.9 Å². The number of hydrogen-bond donors (Lipinski definition) is 2. The third-order valence-electron chi connectivity index (χ3n) is 2.55. The normalized spacial score (nSPS) is 11.1. The number of H-pyrrole nitrogens is 1. The molecule has 3 aromatic rings. The van der Waals surface area contributed by atoms with E-state index in [-0.39, 0.29) is 5.00 Å². The first-order valence-electron chi connectivity index (χ1n) is 5.40. The van der Waals surface area contributed by atoms with Gasteiger partial charge in [0.25, 0.3) is 0 Å². The summed E-state index contributed by atoms with van der Waals surface area (Å²) in [6.45, 7) is 0. The summed E-state index contributed by atoms with van der Waals surface area (Å²) in [6.07, 6.45) is 1.84. The van der Waals surface area contributed by atoms with Crippen molar-refractivity contribution in [3.63, 3.8) is 0 Å². The van der Waals surface area contributed by atoms with Crippen LogP contribution in [-0.2, 0) is 0 Å². The molecule has 0 amide bonds. The van der Waals surface area contributed by atoms with Crippen LogP contribution in [0.4, 0.5) is 10.8 Å². The summed E-state index contributed by atoms with van der Waals surface area (Å²) in [6, 6.07) is 3.08. The zero-order valence-electron chi connectivity index (χ0n) is 10.2. The average molecular weight is 308 g/mol. The minimum atomic E-state index is -0.434. The van der Waals surface area contributed by atoms with Gasteiger partial charge < -0.3 is 10.7 Å². The van der Waals surface area contributed by atoms with Crippen molar-refractivity contribution in [1.29, 1.82) is 0 Å². The molecule has 3 rings (SSSR count). The lowest BCUT2D eigenvalue weighted by Crippen LogP contribution is -1.95. The highest BCUT2D eigenvalue weighted by atomic mass is 32.2. The minimum Gasteiger partial charge on any atom is -0.382 e. The topological polar surface area (TPSA) is 124 Å². The van der Waals surface area contributed by atoms with Crippen molar-refractivity contribution in [2.24, 2.45) is 0 Å². The molecule has 3 N–H and O–H groups in total. The molecule has 0 atom stereocenters. The van der Waals surface area contributed by atoms with E-state index < -0.39 is 4.92 Å². The first kappa shape index (κ1) is 12.8. The number of nitrogens with zero attached hydrogens (tertiary/aromatic N) is 4. The molecule has 0 spiro atoms. The first-order chi connectivity index (χ1) is 9.58. The fraction of sp³-hybridized carbons (Fsp3) is 0.100. The second-order valence-electron chi connectivity index (χ2n) is 3.77. The van der Waals surface area contributed by atoms with Gasteiger partial charge in [-0.2, -0.15) is 0 Å². The maximum atomic E-state index is 10.7. The van der Waals surface area contributed by atoms with Gasteiger partial charge in [0.2, 0.25) is 0 Å². The Morgan fingerprint density at radius 2 is 2.20 bits per heavy atom. The van der Waals surface area contributed by atoms with Crippen LogP contribution in [0.5, 0.6) is 0 Å². The number of nitrogens with one attached hydrogen (secondary N) is 1. The lowest BCUT2D eigenvalue weighted by atomic mass is 10.4. The van der Waals surface area contributed by atoms with E-state index in [4.69, 9.17) is 5.73 Å². The second kappa shape index (κ2) is 4.72. The van der Waals surface area contributed by atoms with Crippen LogP contribution in [0.3, 0.4) is 0 Å². The van der Waals surface area contributed by atoms with E-state index in [1.807, 2.05) is 6.26 Å². The molecule has 0 bridgehead atoms. The van der Waals surface area contributed by atoms with E-state index in [2.05, 4.69) is 19.9 Å². The fourth-order valence-electron chi connectivity index (χ4n) is 1.66. The van der Waals surface area contributed by atoms with Crippen LogP contribution < -0.4 is 5.73 Å². The number of thiophene rings is 1. The van der Waals surface area contributed by atoms with Crippen molar-refractivity contribution < 1.29 is 4.92 Å². The summed E-state index contributed by atoms with van der Waals surface area (Å²) < 4.78 is 0. The Morgan fingerprint density at radius 3 is 2.85 bits per heavy atom. The van der Waals surface area contributed by atoms with Gasteiger partial charge in [0, 0.05) is 6.07 Å². The Balaban J connectivity index is 2.12. The zero-order chi connectivity index (χ0) is 14.3. The fourth-order valence-corrected chi connectivity index (χ4v) is 2.79. The Labute approximate surface area is 120 Å². The minimum absolute atomic E-state index is 0.0596. The standard InChI is InChI=1S/C10H8N6O2S2/c1-19-10-13-7(11)6-9(15-10)14-8(12-6)4-2-3-5(20-4)16(17)18/h2-3H,1H3,(H3,11,12,13,14,15). The number of fused-ring (bicyclic) bond motifs is 1. The summed E-state index contributed by atoms with van der Waals surface area (Å²) in [5.74, 6) is 0.807. The average Bonchev–Trinajstić information content (AvgIpc) is 3.04. The van der Waals surface area contributed by atoms with Crippen LogP contribution in [0.1, 0.15) is 0 Å². The molecule has 8 nitrogen and oxygen atoms in total. The molecule has 0 aliphatic rings. The molecule has 3 aromatic heterocycles.